The van der Waals surface area contributed by atoms with E-state index in [0.717, 1.165) is 19.4 Å². The fourth-order valence-corrected chi connectivity index (χ4v) is 2.86. The van der Waals surface area contributed by atoms with E-state index in [2.05, 4.69) is 25.7 Å². The van der Waals surface area contributed by atoms with Crippen molar-refractivity contribution in [1.82, 2.24) is 9.80 Å². The van der Waals surface area contributed by atoms with Gasteiger partial charge >= 0.3 is 6.09 Å². The molecule has 1 saturated heterocycles. The van der Waals surface area contributed by atoms with Gasteiger partial charge in [0.25, 0.3) is 0 Å². The summed E-state index contributed by atoms with van der Waals surface area (Å²) < 4.78 is 0. The topological polar surface area (TPSA) is 43.8 Å². The summed E-state index contributed by atoms with van der Waals surface area (Å²) in [4.78, 5) is 15.1. The van der Waals surface area contributed by atoms with Crippen molar-refractivity contribution in [3.05, 3.63) is 0 Å². The zero-order valence-corrected chi connectivity index (χ0v) is 11.1. The van der Waals surface area contributed by atoms with Crippen LogP contribution < -0.4 is 0 Å². The van der Waals surface area contributed by atoms with Crippen molar-refractivity contribution in [2.75, 3.05) is 27.2 Å². The summed E-state index contributed by atoms with van der Waals surface area (Å²) in [5, 5.41) is 9.33. The minimum Gasteiger partial charge on any atom is -0.465 e. The van der Waals surface area contributed by atoms with E-state index in [4.69, 9.17) is 0 Å². The van der Waals surface area contributed by atoms with Crippen molar-refractivity contribution in [1.29, 1.82) is 0 Å². The van der Waals surface area contributed by atoms with Crippen LogP contribution in [0, 0.1) is 5.41 Å². The second kappa shape index (κ2) is 4.24. The van der Waals surface area contributed by atoms with Crippen molar-refractivity contribution in [3.8, 4) is 0 Å². The minimum absolute atomic E-state index is 0.0356. The fraction of sp³-hybridized carbons (Fsp3) is 0.917. The van der Waals surface area contributed by atoms with Gasteiger partial charge < -0.3 is 14.9 Å². The third kappa shape index (κ3) is 2.17. The average Bonchev–Trinajstić information content (AvgIpc) is 2.46. The van der Waals surface area contributed by atoms with E-state index in [0.29, 0.717) is 6.54 Å². The van der Waals surface area contributed by atoms with Crippen LogP contribution in [0.1, 0.15) is 33.6 Å². The molecule has 0 unspecified atom stereocenters. The van der Waals surface area contributed by atoms with Crippen LogP contribution in [-0.4, -0.2) is 53.7 Å². The summed E-state index contributed by atoms with van der Waals surface area (Å²) in [6.07, 6.45) is 1.15. The molecule has 16 heavy (non-hydrogen) atoms. The number of likely N-dealkylation sites (tertiary alicyclic amines) is 1. The molecule has 4 nitrogen and oxygen atoms in total. The van der Waals surface area contributed by atoms with Crippen molar-refractivity contribution in [3.63, 3.8) is 0 Å². The summed E-state index contributed by atoms with van der Waals surface area (Å²) in [6.45, 7) is 7.87. The highest BCUT2D eigenvalue weighted by molar-refractivity contribution is 5.67. The molecule has 0 radical (unpaired) electrons. The number of rotatable bonds is 2. The first-order chi connectivity index (χ1) is 7.21. The zero-order chi connectivity index (χ0) is 12.6. The summed E-state index contributed by atoms with van der Waals surface area (Å²) in [7, 11) is 4.01. The Kier molecular flexibility index (Phi) is 3.53. The molecule has 1 atom stereocenters. The molecular weight excluding hydrogens is 204 g/mol. The Bertz CT molecular complexity index is 271. The summed E-state index contributed by atoms with van der Waals surface area (Å²) in [6, 6.07) is 0. The number of nitrogens with zero attached hydrogens (tertiary/aromatic N) is 2. The lowest BCUT2D eigenvalue weighted by molar-refractivity contribution is 0.0127. The molecule has 0 aromatic rings. The van der Waals surface area contributed by atoms with Crippen LogP contribution in [0.5, 0.6) is 0 Å². The fourth-order valence-electron chi connectivity index (χ4n) is 2.86. The van der Waals surface area contributed by atoms with E-state index in [1.54, 1.807) is 4.90 Å². The number of carbonyl (C=O) groups is 1. The number of likely N-dealkylation sites (N-methyl/N-ethyl adjacent to an activating group) is 1. The van der Waals surface area contributed by atoms with Gasteiger partial charge in [-0.15, -0.1) is 0 Å². The molecule has 1 fully saturated rings. The van der Waals surface area contributed by atoms with Gasteiger partial charge in [-0.1, -0.05) is 20.8 Å². The molecule has 1 rings (SSSR count). The van der Waals surface area contributed by atoms with Crippen molar-refractivity contribution in [2.24, 2.45) is 5.41 Å². The molecule has 0 saturated carbocycles. The molecule has 0 aromatic heterocycles. The zero-order valence-electron chi connectivity index (χ0n) is 11.1. The van der Waals surface area contributed by atoms with Crippen LogP contribution in [0.4, 0.5) is 4.79 Å². The number of carboxylic acid groups (broad SMARTS) is 1. The lowest BCUT2D eigenvalue weighted by atomic mass is 9.71. The lowest BCUT2D eigenvalue weighted by Crippen LogP contribution is -2.60. The molecule has 1 aliphatic heterocycles. The predicted octanol–water partition coefficient (Wildman–Crippen LogP) is 2.11. The second-order valence-corrected chi connectivity index (χ2v) is 6.06. The smallest absolute Gasteiger partial charge is 0.407 e. The largest absolute Gasteiger partial charge is 0.465 e. The van der Waals surface area contributed by atoms with Gasteiger partial charge in [0.1, 0.15) is 0 Å². The second-order valence-electron chi connectivity index (χ2n) is 6.06. The Morgan fingerprint density at radius 1 is 1.44 bits per heavy atom. The van der Waals surface area contributed by atoms with Crippen LogP contribution >= 0.6 is 0 Å². The van der Waals surface area contributed by atoms with E-state index < -0.39 is 6.09 Å². The molecule has 0 aliphatic carbocycles. The van der Waals surface area contributed by atoms with E-state index in [1.807, 2.05) is 14.1 Å². The number of hydrogen-bond donors (Lipinski definition) is 1. The highest BCUT2D eigenvalue weighted by atomic mass is 16.4. The lowest BCUT2D eigenvalue weighted by Gasteiger charge is -2.48. The third-order valence-electron chi connectivity index (χ3n) is 3.69. The molecular formula is C12H24N2O2. The van der Waals surface area contributed by atoms with Gasteiger partial charge in [-0.2, -0.15) is 0 Å². The normalized spacial score (nSPS) is 26.5. The molecule has 0 bridgehead atoms. The Labute approximate surface area is 98.2 Å². The highest BCUT2D eigenvalue weighted by Gasteiger charge is 2.51. The average molecular weight is 228 g/mol. The first kappa shape index (κ1) is 13.3. The first-order valence-corrected chi connectivity index (χ1v) is 5.86. The monoisotopic (exact) mass is 228 g/mol. The Morgan fingerprint density at radius 3 is 2.38 bits per heavy atom. The van der Waals surface area contributed by atoms with Gasteiger partial charge in [-0.3, -0.25) is 0 Å². The Balaban J connectivity index is 3.08. The first-order valence-electron chi connectivity index (χ1n) is 5.86. The predicted molar refractivity (Wildman–Crippen MR) is 64.7 cm³/mol. The van der Waals surface area contributed by atoms with Crippen LogP contribution in [-0.2, 0) is 0 Å². The summed E-state index contributed by atoms with van der Waals surface area (Å²) >= 11 is 0. The van der Waals surface area contributed by atoms with Gasteiger partial charge in [0.05, 0.1) is 5.54 Å². The molecule has 4 heteroatoms. The molecule has 1 amide bonds. The number of amides is 1. The maximum atomic E-state index is 11.4. The van der Waals surface area contributed by atoms with Crippen LogP contribution in [0.15, 0.2) is 0 Å². The SMILES string of the molecule is CN(C)C[C@@]1(C(C)(C)C)CCCN1C(=O)O. The van der Waals surface area contributed by atoms with Gasteiger partial charge in [0.15, 0.2) is 0 Å². The van der Waals surface area contributed by atoms with E-state index in [9.17, 15) is 9.90 Å². The molecule has 0 spiro atoms. The molecule has 94 valence electrons. The molecule has 1 aliphatic rings. The Morgan fingerprint density at radius 2 is 2.00 bits per heavy atom. The standard InChI is InChI=1S/C12H24N2O2/c1-11(2,3)12(9-13(4)5)7-6-8-14(12)10(15)16/h6-9H2,1-5H3,(H,15,16)/t12-/m1/s1. The maximum absolute atomic E-state index is 11.4. The minimum atomic E-state index is -0.783. The van der Waals surface area contributed by atoms with Crippen molar-refractivity contribution >= 4 is 6.09 Å². The van der Waals surface area contributed by atoms with Gasteiger partial charge in [0.2, 0.25) is 0 Å². The van der Waals surface area contributed by atoms with Crippen molar-refractivity contribution in [2.45, 2.75) is 39.2 Å². The van der Waals surface area contributed by atoms with Gasteiger partial charge in [0, 0.05) is 13.1 Å². The molecule has 1 heterocycles. The van der Waals surface area contributed by atoms with E-state index >= 15 is 0 Å². The van der Waals surface area contributed by atoms with E-state index in [1.165, 1.54) is 0 Å². The van der Waals surface area contributed by atoms with Gasteiger partial charge in [-0.25, -0.2) is 4.79 Å². The Hall–Kier alpha value is -0.770. The maximum Gasteiger partial charge on any atom is 0.407 e. The number of hydrogen-bond acceptors (Lipinski definition) is 2. The quantitative estimate of drug-likeness (QED) is 0.787. The van der Waals surface area contributed by atoms with Gasteiger partial charge in [-0.05, 0) is 32.4 Å². The summed E-state index contributed by atoms with van der Waals surface area (Å²) in [5.41, 5.74) is -0.283. The van der Waals surface area contributed by atoms with E-state index in [-0.39, 0.29) is 11.0 Å². The van der Waals surface area contributed by atoms with Crippen LogP contribution in [0.25, 0.3) is 0 Å². The highest BCUT2D eigenvalue weighted by Crippen LogP contribution is 2.43. The van der Waals surface area contributed by atoms with Crippen molar-refractivity contribution < 1.29 is 9.90 Å². The molecule has 1 N–H and O–H groups in total. The summed E-state index contributed by atoms with van der Waals surface area (Å²) in [5.74, 6) is 0. The third-order valence-corrected chi connectivity index (χ3v) is 3.69. The van der Waals surface area contributed by atoms with Crippen LogP contribution in [0.3, 0.4) is 0 Å². The molecule has 0 aromatic carbocycles. The van der Waals surface area contributed by atoms with Crippen LogP contribution in [0.2, 0.25) is 0 Å².